The molecule has 1 aromatic carbocycles. The van der Waals surface area contributed by atoms with Crippen LogP contribution in [0.4, 0.5) is 4.39 Å². The van der Waals surface area contributed by atoms with Crippen molar-refractivity contribution >= 4 is 0 Å². The summed E-state index contributed by atoms with van der Waals surface area (Å²) in [5, 5.41) is 10.4. The van der Waals surface area contributed by atoms with Gasteiger partial charge in [0, 0.05) is 12.7 Å². The van der Waals surface area contributed by atoms with Crippen LogP contribution < -0.4 is 0 Å². The van der Waals surface area contributed by atoms with E-state index in [0.29, 0.717) is 5.56 Å². The molecule has 1 unspecified atom stereocenters. The third-order valence-corrected chi connectivity index (χ3v) is 3.86. The molecule has 1 saturated carbocycles. The smallest absolute Gasteiger partial charge is 0.129 e. The van der Waals surface area contributed by atoms with Crippen molar-refractivity contribution in [2.75, 3.05) is 7.11 Å². The van der Waals surface area contributed by atoms with E-state index >= 15 is 0 Å². The van der Waals surface area contributed by atoms with Gasteiger partial charge in [-0.2, -0.15) is 0 Å². The molecule has 94 valence electrons. The Kier molecular flexibility index (Phi) is 3.23. The molecule has 1 aliphatic rings. The Morgan fingerprint density at radius 1 is 1.35 bits per heavy atom. The molecule has 2 rings (SSSR count). The zero-order valence-corrected chi connectivity index (χ0v) is 10.6. The van der Waals surface area contributed by atoms with Crippen LogP contribution in [0.25, 0.3) is 0 Å². The highest BCUT2D eigenvalue weighted by atomic mass is 19.1. The second-order valence-electron chi connectivity index (χ2n) is 5.00. The van der Waals surface area contributed by atoms with Gasteiger partial charge in [0.2, 0.25) is 0 Å². The number of aliphatic hydroxyl groups excluding tert-OH is 1. The second-order valence-corrected chi connectivity index (χ2v) is 5.00. The molecule has 3 heteroatoms. The van der Waals surface area contributed by atoms with Gasteiger partial charge in [-0.05, 0) is 50.3 Å². The summed E-state index contributed by atoms with van der Waals surface area (Å²) in [4.78, 5) is 0. The largest absolute Gasteiger partial charge is 0.385 e. The van der Waals surface area contributed by atoms with Gasteiger partial charge in [-0.25, -0.2) is 4.39 Å². The highest BCUT2D eigenvalue weighted by molar-refractivity contribution is 5.35. The van der Waals surface area contributed by atoms with Crippen LogP contribution >= 0.6 is 0 Å². The van der Waals surface area contributed by atoms with E-state index in [9.17, 15) is 9.50 Å². The normalized spacial score (nSPS) is 19.8. The summed E-state index contributed by atoms with van der Waals surface area (Å²) < 4.78 is 19.4. The molecule has 0 radical (unpaired) electrons. The van der Waals surface area contributed by atoms with Crippen LogP contribution in [0.3, 0.4) is 0 Å². The van der Waals surface area contributed by atoms with E-state index in [0.717, 1.165) is 30.4 Å². The molecule has 1 fully saturated rings. The van der Waals surface area contributed by atoms with E-state index in [2.05, 4.69) is 0 Å². The molecule has 0 aliphatic heterocycles. The summed E-state index contributed by atoms with van der Waals surface area (Å²) in [6.07, 6.45) is 1.73. The fourth-order valence-corrected chi connectivity index (χ4v) is 2.65. The lowest BCUT2D eigenvalue weighted by Gasteiger charge is -2.44. The molecule has 0 amide bonds. The van der Waals surface area contributed by atoms with Crippen LogP contribution in [-0.4, -0.2) is 17.8 Å². The van der Waals surface area contributed by atoms with Gasteiger partial charge < -0.3 is 9.84 Å². The summed E-state index contributed by atoms with van der Waals surface area (Å²) in [5.41, 5.74) is 1.47. The Bertz CT molecular complexity index is 396. The molecule has 1 atom stereocenters. The van der Waals surface area contributed by atoms with Crippen molar-refractivity contribution in [2.45, 2.75) is 44.8 Å². The van der Waals surface area contributed by atoms with E-state index in [-0.39, 0.29) is 5.82 Å². The Morgan fingerprint density at radius 2 is 2.00 bits per heavy atom. The van der Waals surface area contributed by atoms with Crippen LogP contribution in [0.15, 0.2) is 12.1 Å². The monoisotopic (exact) mass is 238 g/mol. The molecule has 1 aromatic rings. The Labute approximate surface area is 101 Å². The standard InChI is InChI=1S/C14H19FO2/c1-9-7-10(2)12(11(15)8-9)13(16)14(17-3)5-4-6-14/h7-8,13,16H,4-6H2,1-3H3. The summed E-state index contributed by atoms with van der Waals surface area (Å²) in [7, 11) is 1.59. The van der Waals surface area contributed by atoms with Gasteiger partial charge in [-0.1, -0.05) is 6.07 Å². The maximum absolute atomic E-state index is 14.0. The van der Waals surface area contributed by atoms with Gasteiger partial charge in [0.25, 0.3) is 0 Å². The molecule has 0 aromatic heterocycles. The number of benzene rings is 1. The molecular weight excluding hydrogens is 219 g/mol. The third kappa shape index (κ3) is 1.98. The number of hydrogen-bond donors (Lipinski definition) is 1. The fourth-order valence-electron chi connectivity index (χ4n) is 2.65. The molecule has 0 heterocycles. The number of aliphatic hydroxyl groups is 1. The lowest BCUT2D eigenvalue weighted by molar-refractivity contribution is -0.152. The van der Waals surface area contributed by atoms with Gasteiger partial charge in [0.15, 0.2) is 0 Å². The SMILES string of the molecule is COC1(C(O)c2c(C)cc(C)cc2F)CCC1. The quantitative estimate of drug-likeness (QED) is 0.877. The minimum Gasteiger partial charge on any atom is -0.385 e. The lowest BCUT2D eigenvalue weighted by atomic mass is 9.73. The van der Waals surface area contributed by atoms with Crippen molar-refractivity contribution in [3.8, 4) is 0 Å². The van der Waals surface area contributed by atoms with Crippen molar-refractivity contribution in [3.63, 3.8) is 0 Å². The average molecular weight is 238 g/mol. The Balaban J connectivity index is 2.40. The van der Waals surface area contributed by atoms with E-state index < -0.39 is 11.7 Å². The second kappa shape index (κ2) is 4.39. The predicted molar refractivity (Wildman–Crippen MR) is 64.4 cm³/mol. The van der Waals surface area contributed by atoms with Crippen LogP contribution in [0.5, 0.6) is 0 Å². The molecule has 1 aliphatic carbocycles. The number of halogens is 1. The number of ether oxygens (including phenoxy) is 1. The van der Waals surface area contributed by atoms with Crippen molar-refractivity contribution in [3.05, 3.63) is 34.6 Å². The summed E-state index contributed by atoms with van der Waals surface area (Å²) >= 11 is 0. The number of methoxy groups -OCH3 is 1. The number of hydrogen-bond acceptors (Lipinski definition) is 2. The first kappa shape index (κ1) is 12.5. The summed E-state index contributed by atoms with van der Waals surface area (Å²) in [5.74, 6) is -0.335. The first-order chi connectivity index (χ1) is 8.00. The van der Waals surface area contributed by atoms with Crippen molar-refractivity contribution < 1.29 is 14.2 Å². The summed E-state index contributed by atoms with van der Waals surface area (Å²) in [6, 6.07) is 3.36. The number of rotatable bonds is 3. The molecule has 1 N–H and O–H groups in total. The maximum atomic E-state index is 14.0. The van der Waals surface area contributed by atoms with Crippen molar-refractivity contribution in [1.29, 1.82) is 0 Å². The van der Waals surface area contributed by atoms with Crippen LogP contribution in [0.2, 0.25) is 0 Å². The van der Waals surface area contributed by atoms with Crippen LogP contribution in [0, 0.1) is 19.7 Å². The predicted octanol–water partition coefficient (Wildman–Crippen LogP) is 3.05. The molecule has 2 nitrogen and oxygen atoms in total. The van der Waals surface area contributed by atoms with Gasteiger partial charge >= 0.3 is 0 Å². The minimum atomic E-state index is -0.873. The Morgan fingerprint density at radius 3 is 2.41 bits per heavy atom. The fraction of sp³-hybridized carbons (Fsp3) is 0.571. The maximum Gasteiger partial charge on any atom is 0.129 e. The van der Waals surface area contributed by atoms with Crippen LogP contribution in [-0.2, 0) is 4.74 Å². The zero-order chi connectivity index (χ0) is 12.6. The minimum absolute atomic E-state index is 0.335. The lowest BCUT2D eigenvalue weighted by Crippen LogP contribution is -2.45. The number of aryl methyl sites for hydroxylation is 2. The summed E-state index contributed by atoms with van der Waals surface area (Å²) in [6.45, 7) is 3.68. The van der Waals surface area contributed by atoms with Gasteiger partial charge in [0.1, 0.15) is 11.9 Å². The molecule has 0 bridgehead atoms. The third-order valence-electron chi connectivity index (χ3n) is 3.86. The molecule has 17 heavy (non-hydrogen) atoms. The van der Waals surface area contributed by atoms with Gasteiger partial charge in [0.05, 0.1) is 5.60 Å². The first-order valence-corrected chi connectivity index (χ1v) is 6.00. The van der Waals surface area contributed by atoms with Gasteiger partial charge in [-0.15, -0.1) is 0 Å². The van der Waals surface area contributed by atoms with Gasteiger partial charge in [-0.3, -0.25) is 0 Å². The van der Waals surface area contributed by atoms with Crippen molar-refractivity contribution in [1.82, 2.24) is 0 Å². The molecular formula is C14H19FO2. The highest BCUT2D eigenvalue weighted by Gasteiger charge is 2.45. The zero-order valence-electron chi connectivity index (χ0n) is 10.6. The van der Waals surface area contributed by atoms with Crippen LogP contribution in [0.1, 0.15) is 42.1 Å². The topological polar surface area (TPSA) is 29.5 Å². The van der Waals surface area contributed by atoms with E-state index in [1.165, 1.54) is 6.07 Å². The van der Waals surface area contributed by atoms with E-state index in [1.807, 2.05) is 19.9 Å². The highest BCUT2D eigenvalue weighted by Crippen LogP contribution is 2.46. The van der Waals surface area contributed by atoms with Crippen molar-refractivity contribution in [2.24, 2.45) is 0 Å². The Hall–Kier alpha value is -0.930. The average Bonchev–Trinajstić information content (AvgIpc) is 2.14. The molecule has 0 saturated heterocycles. The van der Waals surface area contributed by atoms with E-state index in [1.54, 1.807) is 7.11 Å². The first-order valence-electron chi connectivity index (χ1n) is 6.00. The van der Waals surface area contributed by atoms with E-state index in [4.69, 9.17) is 4.74 Å². The molecule has 0 spiro atoms.